The van der Waals surface area contributed by atoms with Crippen molar-refractivity contribution in [3.63, 3.8) is 0 Å². The molecule has 0 N–H and O–H groups in total. The molecule has 0 aliphatic carbocycles. The van der Waals surface area contributed by atoms with Gasteiger partial charge in [0, 0.05) is 18.2 Å². The Kier molecular flexibility index (Phi) is 7.54. The quantitative estimate of drug-likeness (QED) is 0.503. The number of hydrogen-bond acceptors (Lipinski definition) is 4. The van der Waals surface area contributed by atoms with E-state index in [2.05, 4.69) is 15.9 Å². The molecule has 1 amide bonds. The molecule has 1 aliphatic heterocycles. The minimum Gasteiger partial charge on any atom is -0.486 e. The fourth-order valence-electron chi connectivity index (χ4n) is 3.15. The van der Waals surface area contributed by atoms with Gasteiger partial charge in [0.05, 0.1) is 24.1 Å². The summed E-state index contributed by atoms with van der Waals surface area (Å²) in [4.78, 5) is 13.2. The highest BCUT2D eigenvalue weighted by molar-refractivity contribution is 9.09. The Morgan fingerprint density at radius 2 is 1.94 bits per heavy atom. The minimum absolute atomic E-state index is 0.0978. The van der Waals surface area contributed by atoms with Gasteiger partial charge in [0.15, 0.2) is 11.6 Å². The number of halogens is 3. The van der Waals surface area contributed by atoms with Gasteiger partial charge < -0.3 is 19.1 Å². The van der Waals surface area contributed by atoms with Crippen LogP contribution in [0.3, 0.4) is 0 Å². The lowest BCUT2D eigenvalue weighted by molar-refractivity contribution is -0.0421. The van der Waals surface area contributed by atoms with E-state index in [1.54, 1.807) is 20.8 Å². The van der Waals surface area contributed by atoms with Gasteiger partial charge in [-0.05, 0) is 32.4 Å². The second-order valence-corrected chi connectivity index (χ2v) is 9.30. The zero-order valence-corrected chi connectivity index (χ0v) is 19.3. The maximum atomic E-state index is 14.8. The number of rotatable bonds is 5. The Labute approximate surface area is 189 Å². The number of nitrogens with zero attached hydrogens (tertiary/aromatic N) is 1. The largest absolute Gasteiger partial charge is 0.486 e. The van der Waals surface area contributed by atoms with Gasteiger partial charge in [-0.2, -0.15) is 0 Å². The Bertz CT molecular complexity index is 904. The molecule has 1 fully saturated rings. The van der Waals surface area contributed by atoms with Crippen molar-refractivity contribution in [2.24, 2.45) is 0 Å². The van der Waals surface area contributed by atoms with Crippen molar-refractivity contribution in [2.75, 3.05) is 19.7 Å². The first-order valence-corrected chi connectivity index (χ1v) is 10.9. The van der Waals surface area contributed by atoms with E-state index in [1.165, 1.54) is 4.90 Å². The Balaban J connectivity index is 1.68. The highest BCUT2D eigenvalue weighted by atomic mass is 79.9. The van der Waals surface area contributed by atoms with Crippen molar-refractivity contribution in [3.8, 4) is 5.75 Å². The molecule has 0 radical (unpaired) electrons. The molecule has 0 saturated carbocycles. The van der Waals surface area contributed by atoms with Crippen LogP contribution in [0.15, 0.2) is 42.5 Å². The van der Waals surface area contributed by atoms with Crippen LogP contribution in [-0.2, 0) is 16.1 Å². The number of carbonyl (C=O) groups excluding carboxylic acids is 1. The van der Waals surface area contributed by atoms with Crippen molar-refractivity contribution in [1.82, 2.24) is 4.90 Å². The molecular weight excluding hydrogens is 472 g/mol. The maximum Gasteiger partial charge on any atom is 0.410 e. The third-order valence-corrected chi connectivity index (χ3v) is 5.74. The zero-order chi connectivity index (χ0) is 22.6. The van der Waals surface area contributed by atoms with Crippen LogP contribution in [0.25, 0.3) is 0 Å². The number of amides is 1. The second kappa shape index (κ2) is 9.96. The third-order valence-electron chi connectivity index (χ3n) is 4.66. The smallest absolute Gasteiger partial charge is 0.410 e. The van der Waals surface area contributed by atoms with E-state index in [9.17, 15) is 13.6 Å². The van der Waals surface area contributed by atoms with E-state index in [-0.39, 0.29) is 31.1 Å². The van der Waals surface area contributed by atoms with Gasteiger partial charge in [-0.15, -0.1) is 0 Å². The molecule has 5 nitrogen and oxygen atoms in total. The predicted molar refractivity (Wildman–Crippen MR) is 116 cm³/mol. The van der Waals surface area contributed by atoms with Crippen molar-refractivity contribution < 1.29 is 27.8 Å². The second-order valence-electron chi connectivity index (χ2n) is 8.32. The van der Waals surface area contributed by atoms with Crippen LogP contribution in [0, 0.1) is 11.6 Å². The number of morpholine rings is 1. The summed E-state index contributed by atoms with van der Waals surface area (Å²) in [5.74, 6) is -1.45. The van der Waals surface area contributed by atoms with Gasteiger partial charge in [0.2, 0.25) is 0 Å². The van der Waals surface area contributed by atoms with Crippen molar-refractivity contribution >= 4 is 22.0 Å². The molecule has 0 spiro atoms. The highest BCUT2D eigenvalue weighted by Crippen LogP contribution is 2.35. The fourth-order valence-corrected chi connectivity index (χ4v) is 3.82. The maximum absolute atomic E-state index is 14.8. The van der Waals surface area contributed by atoms with Gasteiger partial charge in [-0.3, -0.25) is 0 Å². The molecule has 1 aliphatic rings. The monoisotopic (exact) mass is 497 g/mol. The Morgan fingerprint density at radius 3 is 2.61 bits per heavy atom. The molecule has 2 aromatic carbocycles. The van der Waals surface area contributed by atoms with Crippen molar-refractivity contribution in [2.45, 2.75) is 43.9 Å². The average molecular weight is 498 g/mol. The summed E-state index contributed by atoms with van der Waals surface area (Å²) in [6.45, 7) is 6.33. The molecule has 8 heteroatoms. The van der Waals surface area contributed by atoms with Gasteiger partial charge in [0.1, 0.15) is 18.0 Å². The number of benzene rings is 2. The van der Waals surface area contributed by atoms with Crippen LogP contribution < -0.4 is 4.74 Å². The number of alkyl halides is 1. The van der Waals surface area contributed by atoms with Crippen LogP contribution >= 0.6 is 15.9 Å². The average Bonchev–Trinajstić information content (AvgIpc) is 2.73. The number of hydrogen-bond donors (Lipinski definition) is 0. The molecule has 0 aromatic heterocycles. The van der Waals surface area contributed by atoms with Gasteiger partial charge in [-0.25, -0.2) is 13.6 Å². The van der Waals surface area contributed by atoms with E-state index in [0.717, 1.165) is 17.7 Å². The first-order chi connectivity index (χ1) is 14.6. The Hall–Kier alpha value is -2.19. The first-order valence-electron chi connectivity index (χ1n) is 10.0. The lowest BCUT2D eigenvalue weighted by Crippen LogP contribution is -2.48. The van der Waals surface area contributed by atoms with Gasteiger partial charge >= 0.3 is 6.09 Å². The highest BCUT2D eigenvalue weighted by Gasteiger charge is 2.33. The lowest BCUT2D eigenvalue weighted by Gasteiger charge is -2.36. The molecule has 1 heterocycles. The predicted octanol–water partition coefficient (Wildman–Crippen LogP) is 5.62. The third kappa shape index (κ3) is 6.40. The van der Waals surface area contributed by atoms with Crippen molar-refractivity contribution in [1.29, 1.82) is 0 Å². The summed E-state index contributed by atoms with van der Waals surface area (Å²) in [5, 5.41) is 0. The molecule has 0 bridgehead atoms. The summed E-state index contributed by atoms with van der Waals surface area (Å²) in [6, 6.07) is 11.4. The number of carbonyl (C=O) groups is 1. The fraction of sp³-hybridized carbons (Fsp3) is 0.435. The van der Waals surface area contributed by atoms with Crippen LogP contribution in [-0.4, -0.2) is 42.4 Å². The van der Waals surface area contributed by atoms with Crippen LogP contribution in [0.2, 0.25) is 0 Å². The van der Waals surface area contributed by atoms with Crippen LogP contribution in [0.5, 0.6) is 5.75 Å². The normalized spacial score (nSPS) is 17.9. The molecular formula is C23H26BrF2NO4. The lowest BCUT2D eigenvalue weighted by atomic mass is 10.0. The van der Waals surface area contributed by atoms with E-state index in [1.807, 2.05) is 30.3 Å². The molecule has 1 saturated heterocycles. The van der Waals surface area contributed by atoms with Crippen LogP contribution in [0.4, 0.5) is 13.6 Å². The summed E-state index contributed by atoms with van der Waals surface area (Å²) >= 11 is 3.42. The SMILES string of the molecule is CC(C)(C)OC(=O)N1CCOC(C(Br)c2cc(F)c(OCc3ccccc3)cc2F)C1. The summed E-state index contributed by atoms with van der Waals surface area (Å²) < 4.78 is 46.0. The molecule has 2 aromatic rings. The van der Waals surface area contributed by atoms with Gasteiger partial charge in [0.25, 0.3) is 0 Å². The zero-order valence-electron chi connectivity index (χ0n) is 17.7. The topological polar surface area (TPSA) is 48.0 Å². The van der Waals surface area contributed by atoms with Crippen molar-refractivity contribution in [3.05, 3.63) is 65.2 Å². The number of ether oxygens (including phenoxy) is 3. The summed E-state index contributed by atoms with van der Waals surface area (Å²) in [5.41, 5.74) is 0.326. The van der Waals surface area contributed by atoms with E-state index in [4.69, 9.17) is 14.2 Å². The molecule has 3 rings (SSSR count). The summed E-state index contributed by atoms with van der Waals surface area (Å²) in [7, 11) is 0. The van der Waals surface area contributed by atoms with Gasteiger partial charge in [-0.1, -0.05) is 46.3 Å². The van der Waals surface area contributed by atoms with E-state index in [0.29, 0.717) is 6.54 Å². The molecule has 2 unspecified atom stereocenters. The molecule has 168 valence electrons. The molecule has 2 atom stereocenters. The van der Waals surface area contributed by atoms with E-state index >= 15 is 0 Å². The Morgan fingerprint density at radius 1 is 1.23 bits per heavy atom. The van der Waals surface area contributed by atoms with E-state index < -0.39 is 34.3 Å². The first kappa shape index (κ1) is 23.5. The summed E-state index contributed by atoms with van der Waals surface area (Å²) in [6.07, 6.45) is -1.02. The minimum atomic E-state index is -0.670. The standard InChI is InChI=1S/C23H26BrF2NO4/c1-23(2,3)31-22(28)27-9-10-29-20(13-27)21(24)16-11-18(26)19(12-17(16)25)30-14-15-7-5-4-6-8-15/h4-8,11-12,20-21H,9-10,13-14H2,1-3H3. The van der Waals surface area contributed by atoms with Crippen LogP contribution in [0.1, 0.15) is 36.7 Å². The molecule has 31 heavy (non-hydrogen) atoms.